The van der Waals surface area contributed by atoms with Crippen molar-refractivity contribution in [1.82, 2.24) is 4.90 Å². The molecule has 0 spiro atoms. The van der Waals surface area contributed by atoms with Crippen LogP contribution >= 0.6 is 11.6 Å². The van der Waals surface area contributed by atoms with Crippen LogP contribution in [0.3, 0.4) is 0 Å². The lowest BCUT2D eigenvalue weighted by Gasteiger charge is -2.36. The van der Waals surface area contributed by atoms with Crippen molar-refractivity contribution in [3.05, 3.63) is 95.0 Å². The van der Waals surface area contributed by atoms with Gasteiger partial charge >= 0.3 is 0 Å². The van der Waals surface area contributed by atoms with Gasteiger partial charge in [0.25, 0.3) is 11.8 Å². The monoisotopic (exact) mass is 419 g/mol. The number of hydrogen-bond donors (Lipinski definition) is 1. The molecule has 1 N–H and O–H groups in total. The van der Waals surface area contributed by atoms with Crippen LogP contribution < -0.4 is 10.2 Å². The summed E-state index contributed by atoms with van der Waals surface area (Å²) in [5, 5.41) is 3.54. The molecular weight excluding hydrogens is 398 g/mol. The zero-order valence-electron chi connectivity index (χ0n) is 16.4. The molecular formula is C24H22ClN3O2. The van der Waals surface area contributed by atoms with Gasteiger partial charge < -0.3 is 15.1 Å². The van der Waals surface area contributed by atoms with Crippen LogP contribution in [0.4, 0.5) is 11.4 Å². The van der Waals surface area contributed by atoms with E-state index in [2.05, 4.69) is 10.2 Å². The number of carbonyl (C=O) groups is 2. The number of halogens is 1. The number of amides is 2. The van der Waals surface area contributed by atoms with Gasteiger partial charge in [0.1, 0.15) is 0 Å². The quantitative estimate of drug-likeness (QED) is 0.674. The molecule has 3 aromatic rings. The molecule has 0 atom stereocenters. The molecule has 0 aliphatic carbocycles. The Hall–Kier alpha value is -3.31. The molecule has 1 aliphatic heterocycles. The first kappa shape index (κ1) is 20.0. The summed E-state index contributed by atoms with van der Waals surface area (Å²) in [6.45, 7) is 2.84. The molecule has 3 aromatic carbocycles. The number of benzene rings is 3. The highest BCUT2D eigenvalue weighted by Gasteiger charge is 2.22. The van der Waals surface area contributed by atoms with E-state index in [0.717, 1.165) is 24.5 Å². The summed E-state index contributed by atoms with van der Waals surface area (Å²) in [6, 6.07) is 23.9. The lowest BCUT2D eigenvalue weighted by molar-refractivity contribution is 0.0746. The maximum atomic E-state index is 12.6. The van der Waals surface area contributed by atoms with Crippen molar-refractivity contribution in [2.45, 2.75) is 0 Å². The van der Waals surface area contributed by atoms with E-state index in [0.29, 0.717) is 29.2 Å². The van der Waals surface area contributed by atoms with Gasteiger partial charge in [-0.05, 0) is 60.7 Å². The fraction of sp³-hybridized carbons (Fsp3) is 0.167. The fourth-order valence-corrected chi connectivity index (χ4v) is 3.62. The van der Waals surface area contributed by atoms with Gasteiger partial charge in [0.15, 0.2) is 0 Å². The Balaban J connectivity index is 1.33. The third-order valence-corrected chi connectivity index (χ3v) is 5.44. The van der Waals surface area contributed by atoms with Crippen molar-refractivity contribution in [3.8, 4) is 0 Å². The molecule has 0 aromatic heterocycles. The predicted molar refractivity (Wildman–Crippen MR) is 120 cm³/mol. The summed E-state index contributed by atoms with van der Waals surface area (Å²) in [7, 11) is 0. The summed E-state index contributed by atoms with van der Waals surface area (Å²) in [4.78, 5) is 29.0. The maximum Gasteiger partial charge on any atom is 0.255 e. The van der Waals surface area contributed by atoms with Crippen LogP contribution in [0, 0.1) is 0 Å². The lowest BCUT2D eigenvalue weighted by atomic mass is 10.1. The van der Waals surface area contributed by atoms with Gasteiger partial charge in [0.2, 0.25) is 0 Å². The van der Waals surface area contributed by atoms with Gasteiger partial charge in [-0.25, -0.2) is 0 Å². The maximum absolute atomic E-state index is 12.6. The van der Waals surface area contributed by atoms with E-state index in [1.165, 1.54) is 0 Å². The molecule has 30 heavy (non-hydrogen) atoms. The second-order valence-corrected chi connectivity index (χ2v) is 7.59. The molecule has 1 heterocycles. The average Bonchev–Trinajstić information content (AvgIpc) is 2.80. The first-order valence-corrected chi connectivity index (χ1v) is 10.2. The minimum absolute atomic E-state index is 0.0327. The Morgan fingerprint density at radius 1 is 0.733 bits per heavy atom. The van der Waals surface area contributed by atoms with E-state index in [1.807, 2.05) is 47.4 Å². The van der Waals surface area contributed by atoms with E-state index in [4.69, 9.17) is 11.6 Å². The number of anilines is 2. The molecule has 6 heteroatoms. The number of nitrogens with one attached hydrogen (secondary N) is 1. The van der Waals surface area contributed by atoms with Gasteiger partial charge in [0.05, 0.1) is 0 Å². The molecule has 5 nitrogen and oxygen atoms in total. The Morgan fingerprint density at radius 2 is 1.37 bits per heavy atom. The highest BCUT2D eigenvalue weighted by molar-refractivity contribution is 6.30. The summed E-state index contributed by atoms with van der Waals surface area (Å²) >= 11 is 5.90. The highest BCUT2D eigenvalue weighted by atomic mass is 35.5. The summed E-state index contributed by atoms with van der Waals surface area (Å²) < 4.78 is 0. The number of carbonyl (C=O) groups excluding carboxylic acids is 2. The Bertz CT molecular complexity index is 1010. The third-order valence-electron chi connectivity index (χ3n) is 5.18. The van der Waals surface area contributed by atoms with E-state index < -0.39 is 0 Å². The van der Waals surface area contributed by atoms with Crippen molar-refractivity contribution in [2.24, 2.45) is 0 Å². The number of piperazine rings is 1. The third kappa shape index (κ3) is 4.63. The minimum atomic E-state index is -0.127. The fourth-order valence-electron chi connectivity index (χ4n) is 3.49. The van der Waals surface area contributed by atoms with Crippen LogP contribution in [0.1, 0.15) is 20.7 Å². The van der Waals surface area contributed by atoms with Gasteiger partial charge in [-0.1, -0.05) is 29.8 Å². The largest absolute Gasteiger partial charge is 0.368 e. The molecule has 0 unspecified atom stereocenters. The number of hydrogen-bond acceptors (Lipinski definition) is 3. The second-order valence-electron chi connectivity index (χ2n) is 7.15. The van der Waals surface area contributed by atoms with Crippen molar-refractivity contribution < 1.29 is 9.59 Å². The zero-order valence-corrected chi connectivity index (χ0v) is 17.2. The Kier molecular flexibility index (Phi) is 6.00. The van der Waals surface area contributed by atoms with Gasteiger partial charge in [0, 0.05) is 53.7 Å². The summed E-state index contributed by atoms with van der Waals surface area (Å²) in [5.74, 6) is -0.0945. The Morgan fingerprint density at radius 3 is 2.00 bits per heavy atom. The molecule has 4 rings (SSSR count). The molecule has 1 saturated heterocycles. The van der Waals surface area contributed by atoms with Crippen LogP contribution in [0.25, 0.3) is 0 Å². The molecule has 0 saturated carbocycles. The topological polar surface area (TPSA) is 52.7 Å². The predicted octanol–water partition coefficient (Wildman–Crippen LogP) is 4.55. The minimum Gasteiger partial charge on any atom is -0.368 e. The summed E-state index contributed by atoms with van der Waals surface area (Å²) in [5.41, 5.74) is 3.12. The smallest absolute Gasteiger partial charge is 0.255 e. The lowest BCUT2D eigenvalue weighted by Crippen LogP contribution is -2.48. The molecule has 2 amide bonds. The first-order chi connectivity index (χ1) is 14.6. The van der Waals surface area contributed by atoms with Gasteiger partial charge in [-0.3, -0.25) is 9.59 Å². The van der Waals surface area contributed by atoms with Crippen LogP contribution in [-0.4, -0.2) is 42.9 Å². The normalized spacial score (nSPS) is 13.8. The number of rotatable bonds is 4. The second kappa shape index (κ2) is 9.01. The summed E-state index contributed by atoms with van der Waals surface area (Å²) in [6.07, 6.45) is 0. The zero-order chi connectivity index (χ0) is 20.9. The SMILES string of the molecule is O=C(Nc1ccc(N2CCN(C(=O)c3ccc(Cl)cc3)CC2)cc1)c1ccccc1. The molecule has 1 fully saturated rings. The first-order valence-electron chi connectivity index (χ1n) is 9.86. The van der Waals surface area contributed by atoms with Crippen molar-refractivity contribution in [1.29, 1.82) is 0 Å². The molecule has 0 radical (unpaired) electrons. The van der Waals surface area contributed by atoms with Crippen molar-refractivity contribution in [3.63, 3.8) is 0 Å². The van der Waals surface area contributed by atoms with Crippen LogP contribution in [0.5, 0.6) is 0 Å². The van der Waals surface area contributed by atoms with Gasteiger partial charge in [-0.15, -0.1) is 0 Å². The van der Waals surface area contributed by atoms with E-state index in [-0.39, 0.29) is 11.8 Å². The van der Waals surface area contributed by atoms with Crippen molar-refractivity contribution in [2.75, 3.05) is 36.4 Å². The van der Waals surface area contributed by atoms with E-state index in [9.17, 15) is 9.59 Å². The highest BCUT2D eigenvalue weighted by Crippen LogP contribution is 2.21. The Labute approximate surface area is 180 Å². The molecule has 0 bridgehead atoms. The van der Waals surface area contributed by atoms with Crippen LogP contribution in [0.2, 0.25) is 5.02 Å². The van der Waals surface area contributed by atoms with Crippen LogP contribution in [-0.2, 0) is 0 Å². The van der Waals surface area contributed by atoms with Gasteiger partial charge in [-0.2, -0.15) is 0 Å². The standard InChI is InChI=1S/C24H22ClN3O2/c25-20-8-6-19(7-9-20)24(30)28-16-14-27(15-17-28)22-12-10-21(11-13-22)26-23(29)18-4-2-1-3-5-18/h1-13H,14-17H2,(H,26,29). The average molecular weight is 420 g/mol. The van der Waals surface area contributed by atoms with Crippen LogP contribution in [0.15, 0.2) is 78.9 Å². The van der Waals surface area contributed by atoms with Crippen molar-refractivity contribution >= 4 is 34.8 Å². The number of nitrogens with zero attached hydrogens (tertiary/aromatic N) is 2. The molecule has 152 valence electrons. The van der Waals surface area contributed by atoms with E-state index in [1.54, 1.807) is 36.4 Å². The molecule has 1 aliphatic rings. The van der Waals surface area contributed by atoms with E-state index >= 15 is 0 Å².